The molecule has 6 rings (SSSR count). The summed E-state index contributed by atoms with van der Waals surface area (Å²) in [5.41, 5.74) is 10.1. The largest absolute Gasteiger partial charge is 0.494 e. The third kappa shape index (κ3) is 7.60. The number of para-hydroxylation sites is 1. The van der Waals surface area contributed by atoms with Gasteiger partial charge in [0.25, 0.3) is 5.91 Å². The van der Waals surface area contributed by atoms with E-state index in [9.17, 15) is 4.79 Å². The molecule has 0 radical (unpaired) electrons. The number of amides is 1. The van der Waals surface area contributed by atoms with Gasteiger partial charge in [0.05, 0.1) is 12.3 Å². The fourth-order valence-electron chi connectivity index (χ4n) is 5.49. The molecule has 3 N–H and O–H groups in total. The van der Waals surface area contributed by atoms with Gasteiger partial charge >= 0.3 is 0 Å². The first-order valence-electron chi connectivity index (χ1n) is 15.7. The number of nitrogens with zero attached hydrogens (tertiary/aromatic N) is 1. The zero-order valence-corrected chi connectivity index (χ0v) is 26.0. The Bertz CT molecular complexity index is 1790. The number of carbonyl (C=O) groups excluding carboxylic acids is 1. The topological polar surface area (TPSA) is 92.2 Å². The number of hydrazine groups is 1. The van der Waals surface area contributed by atoms with E-state index < -0.39 is 11.6 Å². The summed E-state index contributed by atoms with van der Waals surface area (Å²) in [5, 5.41) is 9.09. The SMILES string of the molecule is O=C(NNc1ccccc1)[C@@]1(C/C=C/c2ccccc2)N=C(c2ccc(OCCCO)cc2)O[C@H]1c1ccc(-c2ccccc2)cc1. The minimum absolute atomic E-state index is 0.0679. The molecule has 0 saturated heterocycles. The maximum Gasteiger partial charge on any atom is 0.270 e. The summed E-state index contributed by atoms with van der Waals surface area (Å²) in [7, 11) is 0. The Morgan fingerprint density at radius 1 is 0.787 bits per heavy atom. The van der Waals surface area contributed by atoms with Crippen LogP contribution in [-0.2, 0) is 9.53 Å². The Hall–Kier alpha value is -5.66. The fourth-order valence-corrected chi connectivity index (χ4v) is 5.49. The van der Waals surface area contributed by atoms with Gasteiger partial charge in [0.2, 0.25) is 5.90 Å². The number of aliphatic hydroxyl groups is 1. The summed E-state index contributed by atoms with van der Waals surface area (Å²) in [4.78, 5) is 19.5. The zero-order chi connectivity index (χ0) is 32.3. The molecular weight excluding hydrogens is 586 g/mol. The van der Waals surface area contributed by atoms with E-state index in [0.29, 0.717) is 24.7 Å². The van der Waals surface area contributed by atoms with E-state index >= 15 is 0 Å². The van der Waals surface area contributed by atoms with Gasteiger partial charge in [-0.15, -0.1) is 0 Å². The number of anilines is 1. The minimum Gasteiger partial charge on any atom is -0.494 e. The lowest BCUT2D eigenvalue weighted by Gasteiger charge is -2.30. The predicted molar refractivity (Wildman–Crippen MR) is 187 cm³/mol. The molecule has 1 aliphatic heterocycles. The zero-order valence-electron chi connectivity index (χ0n) is 26.0. The van der Waals surface area contributed by atoms with Gasteiger partial charge in [0.1, 0.15) is 5.75 Å². The molecule has 47 heavy (non-hydrogen) atoms. The van der Waals surface area contributed by atoms with Crippen LogP contribution < -0.4 is 15.6 Å². The number of aliphatic imine (C=N–C) groups is 1. The number of nitrogens with one attached hydrogen (secondary N) is 2. The van der Waals surface area contributed by atoms with Crippen molar-refractivity contribution in [1.82, 2.24) is 5.43 Å². The van der Waals surface area contributed by atoms with Crippen LogP contribution in [0.15, 0.2) is 151 Å². The highest BCUT2D eigenvalue weighted by molar-refractivity contribution is 6.01. The van der Waals surface area contributed by atoms with E-state index in [-0.39, 0.29) is 18.9 Å². The third-order valence-corrected chi connectivity index (χ3v) is 7.98. The quantitative estimate of drug-likeness (QED) is 0.0927. The molecule has 1 heterocycles. The maximum atomic E-state index is 14.4. The summed E-state index contributed by atoms with van der Waals surface area (Å²) in [5.74, 6) is 0.720. The lowest BCUT2D eigenvalue weighted by atomic mass is 9.84. The van der Waals surface area contributed by atoms with E-state index in [1.807, 2.05) is 127 Å². The van der Waals surface area contributed by atoms with Crippen LogP contribution in [0.1, 0.15) is 35.6 Å². The molecule has 0 aromatic heterocycles. The van der Waals surface area contributed by atoms with Crippen molar-refractivity contribution < 1.29 is 19.4 Å². The number of hydrogen-bond donors (Lipinski definition) is 3. The molecule has 0 bridgehead atoms. The first-order valence-corrected chi connectivity index (χ1v) is 15.7. The molecule has 7 nitrogen and oxygen atoms in total. The van der Waals surface area contributed by atoms with Crippen LogP contribution >= 0.6 is 0 Å². The van der Waals surface area contributed by atoms with Crippen molar-refractivity contribution in [2.24, 2.45) is 4.99 Å². The number of hydrogen-bond acceptors (Lipinski definition) is 6. The molecule has 0 spiro atoms. The molecule has 1 aliphatic rings. The van der Waals surface area contributed by atoms with Crippen LogP contribution in [0.5, 0.6) is 5.75 Å². The van der Waals surface area contributed by atoms with Crippen LogP contribution in [0.25, 0.3) is 17.2 Å². The third-order valence-electron chi connectivity index (χ3n) is 7.98. The highest BCUT2D eigenvalue weighted by Crippen LogP contribution is 2.43. The van der Waals surface area contributed by atoms with E-state index in [4.69, 9.17) is 19.6 Å². The van der Waals surface area contributed by atoms with Crippen molar-refractivity contribution >= 4 is 23.6 Å². The van der Waals surface area contributed by atoms with E-state index in [1.165, 1.54) is 0 Å². The minimum atomic E-state index is -1.34. The van der Waals surface area contributed by atoms with Crippen LogP contribution in [0, 0.1) is 0 Å². The molecule has 0 unspecified atom stereocenters. The molecular formula is C40H37N3O4. The molecule has 5 aromatic carbocycles. The van der Waals surface area contributed by atoms with Crippen LogP contribution in [0.4, 0.5) is 5.69 Å². The van der Waals surface area contributed by atoms with Gasteiger partial charge in [-0.2, -0.15) is 0 Å². The van der Waals surface area contributed by atoms with Crippen LogP contribution in [0.2, 0.25) is 0 Å². The molecule has 7 heteroatoms. The molecule has 0 saturated carbocycles. The Morgan fingerprint density at radius 2 is 1.40 bits per heavy atom. The molecule has 236 valence electrons. The van der Waals surface area contributed by atoms with Gasteiger partial charge in [-0.1, -0.05) is 115 Å². The van der Waals surface area contributed by atoms with E-state index in [2.05, 4.69) is 35.1 Å². The standard InChI is InChI=1S/C40H37N3O4/c44-28-11-29-46-36-25-23-34(24-26-36)38-41-40(27-10-14-30-12-4-1-5-13-30,39(45)43-42-35-17-8-3-9-18-35)37(47-38)33-21-19-32(20-22-33)31-15-6-2-7-16-31/h1-10,12-26,37,42,44H,11,27-29H2,(H,43,45)/b14-10+/t37-,40-/m0/s1. The number of benzene rings is 5. The van der Waals surface area contributed by atoms with Crippen molar-refractivity contribution in [2.75, 3.05) is 18.6 Å². The molecule has 1 amide bonds. The molecule has 0 fully saturated rings. The maximum absolute atomic E-state index is 14.4. The Morgan fingerprint density at radius 3 is 2.09 bits per heavy atom. The van der Waals surface area contributed by atoms with Crippen LogP contribution in [0.3, 0.4) is 0 Å². The fraction of sp³-hybridized carbons (Fsp3) is 0.150. The van der Waals surface area contributed by atoms with Crippen molar-refractivity contribution in [3.8, 4) is 16.9 Å². The monoisotopic (exact) mass is 623 g/mol. The summed E-state index contributed by atoms with van der Waals surface area (Å²) in [6.07, 6.45) is 4.09. The highest BCUT2D eigenvalue weighted by atomic mass is 16.5. The van der Waals surface area contributed by atoms with Gasteiger partial charge in [-0.25, -0.2) is 4.99 Å². The second kappa shape index (κ2) is 15.1. The predicted octanol–water partition coefficient (Wildman–Crippen LogP) is 7.62. The lowest BCUT2D eigenvalue weighted by Crippen LogP contribution is -2.49. The molecule has 0 aliphatic carbocycles. The van der Waals surface area contributed by atoms with Gasteiger partial charge in [0, 0.05) is 25.0 Å². The Kier molecular flexibility index (Phi) is 10.1. The summed E-state index contributed by atoms with van der Waals surface area (Å²) in [6, 6.07) is 45.2. The first kappa shape index (κ1) is 31.3. The number of rotatable bonds is 13. The van der Waals surface area contributed by atoms with Gasteiger partial charge < -0.3 is 14.6 Å². The van der Waals surface area contributed by atoms with E-state index in [0.717, 1.165) is 33.5 Å². The second-order valence-electron chi connectivity index (χ2n) is 11.2. The van der Waals surface area contributed by atoms with Crippen molar-refractivity contribution in [3.05, 3.63) is 162 Å². The molecule has 2 atom stereocenters. The molecule has 5 aromatic rings. The van der Waals surface area contributed by atoms with Crippen molar-refractivity contribution in [2.45, 2.75) is 24.5 Å². The summed E-state index contributed by atoms with van der Waals surface area (Å²) < 4.78 is 12.4. The number of carbonyl (C=O) groups is 1. The average Bonchev–Trinajstić information content (AvgIpc) is 3.53. The normalized spacial score (nSPS) is 17.1. The van der Waals surface area contributed by atoms with Gasteiger partial charge in [0.15, 0.2) is 11.6 Å². The summed E-state index contributed by atoms with van der Waals surface area (Å²) >= 11 is 0. The second-order valence-corrected chi connectivity index (χ2v) is 11.2. The van der Waals surface area contributed by atoms with Gasteiger partial charge in [-0.3, -0.25) is 15.6 Å². The summed E-state index contributed by atoms with van der Waals surface area (Å²) in [6.45, 7) is 0.484. The lowest BCUT2D eigenvalue weighted by molar-refractivity contribution is -0.128. The average molecular weight is 624 g/mol. The Balaban J connectivity index is 1.38. The Labute approximate surface area is 275 Å². The number of aliphatic hydroxyl groups excluding tert-OH is 1. The first-order chi connectivity index (χ1) is 23.1. The van der Waals surface area contributed by atoms with Gasteiger partial charge in [-0.05, 0) is 58.7 Å². The highest BCUT2D eigenvalue weighted by Gasteiger charge is 2.52. The van der Waals surface area contributed by atoms with Crippen molar-refractivity contribution in [3.63, 3.8) is 0 Å². The smallest absolute Gasteiger partial charge is 0.270 e. The van der Waals surface area contributed by atoms with Crippen molar-refractivity contribution in [1.29, 1.82) is 0 Å². The van der Waals surface area contributed by atoms with E-state index in [1.54, 1.807) is 0 Å². The number of ether oxygens (including phenoxy) is 2. The van der Waals surface area contributed by atoms with Crippen LogP contribution in [-0.4, -0.2) is 35.7 Å².